The van der Waals surface area contributed by atoms with Crippen LogP contribution in [0.5, 0.6) is 11.5 Å². The summed E-state index contributed by atoms with van der Waals surface area (Å²) in [7, 11) is 3.35. The fourth-order valence-corrected chi connectivity index (χ4v) is 4.84. The van der Waals surface area contributed by atoms with Gasteiger partial charge in [-0.2, -0.15) is 0 Å². The molecule has 0 radical (unpaired) electrons. The SMILES string of the molecule is COc1cc2c(cc1OC)[C@@H]1CC(=O)C[C@@H](CCc3ccccc3)N1CCC2. The molecule has 2 aliphatic heterocycles. The Bertz CT molecular complexity index is 833. The van der Waals surface area contributed by atoms with E-state index in [4.69, 9.17) is 9.47 Å². The number of hydrogen-bond donors (Lipinski definition) is 0. The quantitative estimate of drug-likeness (QED) is 0.774. The average molecular weight is 380 g/mol. The minimum atomic E-state index is 0.152. The molecule has 4 nitrogen and oxygen atoms in total. The molecule has 2 aromatic carbocycles. The van der Waals surface area contributed by atoms with E-state index < -0.39 is 0 Å². The number of carbonyl (C=O) groups excluding carboxylic acids is 1. The van der Waals surface area contributed by atoms with Crippen molar-refractivity contribution in [3.05, 3.63) is 59.2 Å². The molecule has 2 heterocycles. The number of rotatable bonds is 5. The molecule has 0 aliphatic carbocycles. The molecule has 0 N–H and O–H groups in total. The van der Waals surface area contributed by atoms with Crippen LogP contribution in [0.1, 0.15) is 48.4 Å². The summed E-state index contributed by atoms with van der Waals surface area (Å²) in [5.74, 6) is 1.90. The van der Waals surface area contributed by atoms with E-state index in [2.05, 4.69) is 47.4 Å². The van der Waals surface area contributed by atoms with Crippen molar-refractivity contribution in [1.29, 1.82) is 0 Å². The van der Waals surface area contributed by atoms with Gasteiger partial charge in [0.25, 0.3) is 0 Å². The summed E-state index contributed by atoms with van der Waals surface area (Å²) in [6, 6.07) is 15.3. The highest BCUT2D eigenvalue weighted by molar-refractivity contribution is 5.81. The molecular formula is C24H29NO3. The number of hydrogen-bond acceptors (Lipinski definition) is 4. The Morgan fingerprint density at radius 1 is 1.04 bits per heavy atom. The Balaban J connectivity index is 1.62. The first-order valence-corrected chi connectivity index (χ1v) is 10.3. The van der Waals surface area contributed by atoms with Crippen LogP contribution in [0.2, 0.25) is 0 Å². The summed E-state index contributed by atoms with van der Waals surface area (Å²) in [5.41, 5.74) is 3.88. The molecule has 148 valence electrons. The van der Waals surface area contributed by atoms with Gasteiger partial charge in [-0.15, -0.1) is 0 Å². The molecule has 4 rings (SSSR count). The summed E-state index contributed by atoms with van der Waals surface area (Å²) >= 11 is 0. The highest BCUT2D eigenvalue weighted by Gasteiger charge is 2.37. The van der Waals surface area contributed by atoms with E-state index in [9.17, 15) is 4.79 Å². The number of aryl methyl sites for hydroxylation is 2. The van der Waals surface area contributed by atoms with Crippen LogP contribution in [0.15, 0.2) is 42.5 Å². The van der Waals surface area contributed by atoms with Crippen LogP contribution in [0, 0.1) is 0 Å². The molecule has 0 saturated carbocycles. The van der Waals surface area contributed by atoms with Crippen LogP contribution < -0.4 is 9.47 Å². The Hall–Kier alpha value is -2.33. The van der Waals surface area contributed by atoms with E-state index in [1.807, 2.05) is 0 Å². The molecule has 28 heavy (non-hydrogen) atoms. The molecular weight excluding hydrogens is 350 g/mol. The van der Waals surface area contributed by atoms with E-state index in [0.29, 0.717) is 24.7 Å². The monoisotopic (exact) mass is 379 g/mol. The normalized spacial score (nSPS) is 22.1. The minimum Gasteiger partial charge on any atom is -0.493 e. The molecule has 4 heteroatoms. The smallest absolute Gasteiger partial charge is 0.161 e. The standard InChI is InChI=1S/C24H29NO3/c1-27-23-13-18-9-6-12-25-19(11-10-17-7-4-3-5-8-17)14-20(26)15-22(25)21(18)16-24(23)28-2/h3-5,7-8,13,16,19,22H,6,9-12,14-15H2,1-2H3/t19-,22+/m1/s1. The zero-order chi connectivity index (χ0) is 19.5. The summed E-state index contributed by atoms with van der Waals surface area (Å²) in [4.78, 5) is 15.2. The zero-order valence-corrected chi connectivity index (χ0v) is 16.8. The Kier molecular flexibility index (Phi) is 5.67. The van der Waals surface area contributed by atoms with Gasteiger partial charge in [-0.05, 0) is 61.1 Å². The summed E-state index contributed by atoms with van der Waals surface area (Å²) < 4.78 is 11.1. The van der Waals surface area contributed by atoms with E-state index in [0.717, 1.165) is 43.7 Å². The van der Waals surface area contributed by atoms with Crippen LogP contribution in [-0.2, 0) is 17.6 Å². The number of ketones is 1. The highest BCUT2D eigenvalue weighted by Crippen LogP contribution is 2.42. The van der Waals surface area contributed by atoms with Gasteiger partial charge in [0.05, 0.1) is 14.2 Å². The lowest BCUT2D eigenvalue weighted by Gasteiger charge is -2.41. The van der Waals surface area contributed by atoms with Crippen molar-refractivity contribution in [2.24, 2.45) is 0 Å². The lowest BCUT2D eigenvalue weighted by atomic mass is 9.86. The molecule has 0 aromatic heterocycles. The third-order valence-electron chi connectivity index (χ3n) is 6.23. The number of piperidine rings is 1. The largest absolute Gasteiger partial charge is 0.493 e. The van der Waals surface area contributed by atoms with Crippen LogP contribution in [0.25, 0.3) is 0 Å². The maximum Gasteiger partial charge on any atom is 0.161 e. The second-order valence-electron chi connectivity index (χ2n) is 7.89. The van der Waals surface area contributed by atoms with E-state index in [1.54, 1.807) is 14.2 Å². The molecule has 1 fully saturated rings. The number of ether oxygens (including phenoxy) is 2. The highest BCUT2D eigenvalue weighted by atomic mass is 16.5. The third-order valence-corrected chi connectivity index (χ3v) is 6.23. The molecule has 2 aromatic rings. The van der Waals surface area contributed by atoms with Gasteiger partial charge < -0.3 is 9.47 Å². The third kappa shape index (κ3) is 3.79. The van der Waals surface area contributed by atoms with Crippen LogP contribution in [0.3, 0.4) is 0 Å². The Morgan fingerprint density at radius 2 is 1.79 bits per heavy atom. The van der Waals surface area contributed by atoms with E-state index in [1.165, 1.54) is 16.7 Å². The first kappa shape index (κ1) is 19.0. The van der Waals surface area contributed by atoms with Crippen molar-refractivity contribution < 1.29 is 14.3 Å². The van der Waals surface area contributed by atoms with E-state index >= 15 is 0 Å². The summed E-state index contributed by atoms with van der Waals surface area (Å²) in [6.45, 7) is 1.04. The Labute approximate surface area is 167 Å². The van der Waals surface area contributed by atoms with Gasteiger partial charge >= 0.3 is 0 Å². The number of benzene rings is 2. The van der Waals surface area contributed by atoms with Crippen LogP contribution in [0.4, 0.5) is 0 Å². The maximum atomic E-state index is 12.7. The van der Waals surface area contributed by atoms with Crippen molar-refractivity contribution >= 4 is 5.78 Å². The molecule has 0 amide bonds. The predicted molar refractivity (Wildman–Crippen MR) is 110 cm³/mol. The van der Waals surface area contributed by atoms with Gasteiger partial charge in [-0.1, -0.05) is 30.3 Å². The molecule has 2 aliphatic rings. The fraction of sp³-hybridized carbons (Fsp3) is 0.458. The maximum absolute atomic E-state index is 12.7. The van der Waals surface area contributed by atoms with Crippen molar-refractivity contribution in [2.75, 3.05) is 20.8 Å². The lowest BCUT2D eigenvalue weighted by molar-refractivity contribution is -0.125. The lowest BCUT2D eigenvalue weighted by Crippen LogP contribution is -2.45. The van der Waals surface area contributed by atoms with E-state index in [-0.39, 0.29) is 6.04 Å². The molecule has 0 spiro atoms. The second-order valence-corrected chi connectivity index (χ2v) is 7.89. The number of nitrogens with zero attached hydrogens (tertiary/aromatic N) is 1. The fourth-order valence-electron chi connectivity index (χ4n) is 4.84. The number of carbonyl (C=O) groups is 1. The van der Waals surface area contributed by atoms with Crippen molar-refractivity contribution in [3.8, 4) is 11.5 Å². The van der Waals surface area contributed by atoms with Gasteiger partial charge in [0, 0.05) is 24.9 Å². The zero-order valence-electron chi connectivity index (χ0n) is 16.8. The predicted octanol–water partition coefficient (Wildman–Crippen LogP) is 4.36. The van der Waals surface area contributed by atoms with Crippen molar-refractivity contribution in [2.45, 2.75) is 50.6 Å². The second kappa shape index (κ2) is 8.36. The van der Waals surface area contributed by atoms with Gasteiger partial charge in [-0.3, -0.25) is 9.69 Å². The first-order valence-electron chi connectivity index (χ1n) is 10.3. The topological polar surface area (TPSA) is 38.8 Å². The van der Waals surface area contributed by atoms with Crippen LogP contribution in [-0.4, -0.2) is 37.5 Å². The summed E-state index contributed by atoms with van der Waals surface area (Å²) in [6.07, 6.45) is 5.43. The van der Waals surface area contributed by atoms with Crippen molar-refractivity contribution in [3.63, 3.8) is 0 Å². The Morgan fingerprint density at radius 3 is 2.54 bits per heavy atom. The number of Topliss-reactive ketones (excluding diaryl/α,β-unsaturated/α-hetero) is 1. The first-order chi connectivity index (χ1) is 13.7. The van der Waals surface area contributed by atoms with Crippen LogP contribution >= 0.6 is 0 Å². The molecule has 1 saturated heterocycles. The average Bonchev–Trinajstić information content (AvgIpc) is 2.90. The number of fused-ring (bicyclic) bond motifs is 3. The molecule has 0 unspecified atom stereocenters. The summed E-state index contributed by atoms with van der Waals surface area (Å²) in [5, 5.41) is 0. The molecule has 2 atom stereocenters. The minimum absolute atomic E-state index is 0.152. The molecule has 0 bridgehead atoms. The van der Waals surface area contributed by atoms with Gasteiger partial charge in [0.1, 0.15) is 5.78 Å². The van der Waals surface area contributed by atoms with Gasteiger partial charge in [0.15, 0.2) is 11.5 Å². The number of methoxy groups -OCH3 is 2. The van der Waals surface area contributed by atoms with Gasteiger partial charge in [0.2, 0.25) is 0 Å². The van der Waals surface area contributed by atoms with Crippen molar-refractivity contribution in [1.82, 2.24) is 4.90 Å². The van der Waals surface area contributed by atoms with Gasteiger partial charge in [-0.25, -0.2) is 0 Å².